The van der Waals surface area contributed by atoms with Gasteiger partial charge in [-0.15, -0.1) is 0 Å². The Morgan fingerprint density at radius 1 is 1.09 bits per heavy atom. The minimum absolute atomic E-state index is 0.0582. The van der Waals surface area contributed by atoms with Crippen molar-refractivity contribution in [2.24, 2.45) is 5.92 Å². The van der Waals surface area contributed by atoms with Gasteiger partial charge in [-0.2, -0.15) is 5.01 Å². The fraction of sp³-hybridized carbons (Fsp3) is 0.346. The number of fused-ring (bicyclic) bond motifs is 1. The number of hydrogen-bond acceptors (Lipinski definition) is 7. The van der Waals surface area contributed by atoms with Gasteiger partial charge in [0.15, 0.2) is 6.23 Å². The molecule has 2 aromatic rings. The van der Waals surface area contributed by atoms with Crippen LogP contribution < -0.4 is 10.7 Å². The molecule has 2 N–H and O–H groups in total. The lowest BCUT2D eigenvalue weighted by atomic mass is 9.77. The maximum Gasteiger partial charge on any atom is 0.337 e. The van der Waals surface area contributed by atoms with E-state index in [0.29, 0.717) is 17.0 Å². The second-order valence-corrected chi connectivity index (χ2v) is 8.82. The molecule has 0 bridgehead atoms. The number of esters is 1. The van der Waals surface area contributed by atoms with Gasteiger partial charge in [-0.3, -0.25) is 9.78 Å². The van der Waals surface area contributed by atoms with E-state index in [2.05, 4.69) is 20.7 Å². The van der Waals surface area contributed by atoms with Gasteiger partial charge in [0.1, 0.15) is 0 Å². The first-order valence-electron chi connectivity index (χ1n) is 11.6. The summed E-state index contributed by atoms with van der Waals surface area (Å²) in [4.78, 5) is 28.7. The van der Waals surface area contributed by atoms with E-state index < -0.39 is 5.97 Å². The van der Waals surface area contributed by atoms with Gasteiger partial charge < -0.3 is 14.8 Å². The molecule has 8 nitrogen and oxygen atoms in total. The van der Waals surface area contributed by atoms with Gasteiger partial charge in [-0.1, -0.05) is 6.08 Å². The van der Waals surface area contributed by atoms with Crippen LogP contribution in [0, 0.1) is 5.92 Å². The van der Waals surface area contributed by atoms with Gasteiger partial charge in [0, 0.05) is 30.0 Å². The molecule has 3 aliphatic rings. The molecule has 34 heavy (non-hydrogen) atoms. The van der Waals surface area contributed by atoms with E-state index in [-0.39, 0.29) is 30.3 Å². The number of amides is 1. The van der Waals surface area contributed by atoms with E-state index in [1.165, 1.54) is 12.7 Å². The van der Waals surface area contributed by atoms with Crippen molar-refractivity contribution >= 4 is 11.9 Å². The summed E-state index contributed by atoms with van der Waals surface area (Å²) in [5, 5.41) is 5.43. The van der Waals surface area contributed by atoms with Crippen LogP contribution in [0.2, 0.25) is 0 Å². The number of hydrazine groups is 1. The lowest BCUT2D eigenvalue weighted by Crippen LogP contribution is -2.49. The lowest BCUT2D eigenvalue weighted by molar-refractivity contribution is -0.0283. The van der Waals surface area contributed by atoms with Crippen LogP contribution in [-0.2, 0) is 9.47 Å². The van der Waals surface area contributed by atoms with Crippen LogP contribution in [0.3, 0.4) is 0 Å². The highest BCUT2D eigenvalue weighted by Gasteiger charge is 2.48. The first-order chi connectivity index (χ1) is 16.6. The van der Waals surface area contributed by atoms with Crippen molar-refractivity contribution in [2.45, 2.75) is 43.6 Å². The van der Waals surface area contributed by atoms with Crippen molar-refractivity contribution in [1.82, 2.24) is 20.7 Å². The standard InChI is InChI=1S/C26H28N4O4/c1-33-26(32)19-7-5-18(6-8-19)25(31)28-20-9-10-22-21(16-20)24(17-11-13-27-14-12-17)29-30(22)23-4-2-3-15-34-23/h2-8,11-15,20-24,29H,9-10,16H2,1H3,(H,28,31). The average Bonchev–Trinajstić information content (AvgIpc) is 3.28. The SMILES string of the molecule is COC(=O)c1ccc(C(=O)NC2CCC3C(C2)C(c2ccncc2)NN3C2C=CC=CO2)cc1. The average molecular weight is 461 g/mol. The predicted octanol–water partition coefficient (Wildman–Crippen LogP) is 3.12. The third-order valence-electron chi connectivity index (χ3n) is 6.86. The summed E-state index contributed by atoms with van der Waals surface area (Å²) < 4.78 is 10.6. The van der Waals surface area contributed by atoms with Crippen molar-refractivity contribution in [3.05, 3.63) is 90.0 Å². The van der Waals surface area contributed by atoms with Crippen LogP contribution in [0.1, 0.15) is 51.6 Å². The predicted molar refractivity (Wildman–Crippen MR) is 125 cm³/mol. The molecule has 1 aromatic heterocycles. The van der Waals surface area contributed by atoms with E-state index in [0.717, 1.165) is 19.3 Å². The summed E-state index contributed by atoms with van der Waals surface area (Å²) >= 11 is 0. The number of allylic oxidation sites excluding steroid dienone is 2. The molecule has 176 valence electrons. The number of benzene rings is 1. The Hall–Kier alpha value is -3.49. The molecule has 1 saturated carbocycles. The minimum Gasteiger partial charge on any atom is -0.478 e. The third-order valence-corrected chi connectivity index (χ3v) is 6.86. The molecule has 2 fully saturated rings. The largest absolute Gasteiger partial charge is 0.478 e. The number of carbonyl (C=O) groups excluding carboxylic acids is 2. The van der Waals surface area contributed by atoms with Gasteiger partial charge in [-0.05, 0) is 79.3 Å². The first kappa shape index (κ1) is 22.3. The highest BCUT2D eigenvalue weighted by molar-refractivity contribution is 5.96. The van der Waals surface area contributed by atoms with E-state index in [1.807, 2.05) is 42.8 Å². The molecule has 5 unspecified atom stereocenters. The van der Waals surface area contributed by atoms with Crippen molar-refractivity contribution in [3.63, 3.8) is 0 Å². The second kappa shape index (κ2) is 9.79. The van der Waals surface area contributed by atoms with Crippen molar-refractivity contribution in [2.75, 3.05) is 7.11 Å². The first-order valence-corrected chi connectivity index (χ1v) is 11.6. The fourth-order valence-electron chi connectivity index (χ4n) is 5.21. The Balaban J connectivity index is 1.30. The van der Waals surface area contributed by atoms with Gasteiger partial charge in [0.05, 0.1) is 25.0 Å². The van der Waals surface area contributed by atoms with Crippen LogP contribution in [-0.4, -0.2) is 47.3 Å². The quantitative estimate of drug-likeness (QED) is 0.663. The third kappa shape index (κ3) is 4.47. The van der Waals surface area contributed by atoms with E-state index in [1.54, 1.807) is 30.5 Å². The molecule has 2 aliphatic heterocycles. The summed E-state index contributed by atoms with van der Waals surface area (Å²) in [5.74, 6) is -0.254. The fourth-order valence-corrected chi connectivity index (χ4v) is 5.21. The number of nitrogens with one attached hydrogen (secondary N) is 2. The van der Waals surface area contributed by atoms with Crippen molar-refractivity contribution in [3.8, 4) is 0 Å². The van der Waals surface area contributed by atoms with Gasteiger partial charge in [0.2, 0.25) is 0 Å². The Morgan fingerprint density at radius 3 is 2.56 bits per heavy atom. The molecule has 0 spiro atoms. The molecule has 3 heterocycles. The zero-order valence-corrected chi connectivity index (χ0v) is 19.0. The lowest BCUT2D eigenvalue weighted by Gasteiger charge is -2.37. The number of carbonyl (C=O) groups is 2. The Labute approximate surface area is 198 Å². The van der Waals surface area contributed by atoms with Crippen LogP contribution in [0.15, 0.2) is 73.3 Å². The van der Waals surface area contributed by atoms with Gasteiger partial charge >= 0.3 is 5.97 Å². The second-order valence-electron chi connectivity index (χ2n) is 8.82. The summed E-state index contributed by atoms with van der Waals surface area (Å²) in [6.07, 6.45) is 13.8. The Kier molecular flexibility index (Phi) is 6.42. The van der Waals surface area contributed by atoms with Gasteiger partial charge in [0.25, 0.3) is 5.91 Å². The smallest absolute Gasteiger partial charge is 0.337 e. The summed E-state index contributed by atoms with van der Waals surface area (Å²) in [5.41, 5.74) is 5.81. The summed E-state index contributed by atoms with van der Waals surface area (Å²) in [6.45, 7) is 0. The van der Waals surface area contributed by atoms with Crippen LogP contribution >= 0.6 is 0 Å². The number of ether oxygens (including phenoxy) is 2. The van der Waals surface area contributed by atoms with Gasteiger partial charge in [-0.25, -0.2) is 10.2 Å². The number of hydrogen-bond donors (Lipinski definition) is 2. The van der Waals surface area contributed by atoms with E-state index in [9.17, 15) is 9.59 Å². The molecule has 5 rings (SSSR count). The molecule has 1 aromatic carbocycles. The molecular formula is C26H28N4O4. The van der Waals surface area contributed by atoms with Crippen molar-refractivity contribution in [1.29, 1.82) is 0 Å². The number of rotatable bonds is 5. The monoisotopic (exact) mass is 460 g/mol. The van der Waals surface area contributed by atoms with Crippen LogP contribution in [0.5, 0.6) is 0 Å². The molecule has 5 atom stereocenters. The zero-order chi connectivity index (χ0) is 23.5. The highest BCUT2D eigenvalue weighted by Crippen LogP contribution is 2.43. The number of pyridine rings is 1. The van der Waals surface area contributed by atoms with Crippen molar-refractivity contribution < 1.29 is 19.1 Å². The normalized spacial score (nSPS) is 28.1. The summed E-state index contributed by atoms with van der Waals surface area (Å²) in [7, 11) is 1.34. The van der Waals surface area contributed by atoms with Crippen LogP contribution in [0.25, 0.3) is 0 Å². The number of aromatic nitrogens is 1. The molecule has 0 radical (unpaired) electrons. The maximum atomic E-state index is 12.9. The molecule has 1 aliphatic carbocycles. The summed E-state index contributed by atoms with van der Waals surface area (Å²) in [6, 6.07) is 11.1. The Morgan fingerprint density at radius 2 is 1.85 bits per heavy atom. The molecular weight excluding hydrogens is 432 g/mol. The maximum absolute atomic E-state index is 12.9. The topological polar surface area (TPSA) is 92.8 Å². The van der Waals surface area contributed by atoms with Crippen LogP contribution in [0.4, 0.5) is 0 Å². The Bertz CT molecular complexity index is 1090. The molecule has 8 heteroatoms. The zero-order valence-electron chi connectivity index (χ0n) is 19.0. The highest BCUT2D eigenvalue weighted by atomic mass is 16.5. The van der Waals surface area contributed by atoms with E-state index >= 15 is 0 Å². The number of nitrogens with zero attached hydrogens (tertiary/aromatic N) is 2. The molecule has 1 amide bonds. The van der Waals surface area contributed by atoms with E-state index in [4.69, 9.17) is 9.47 Å². The number of methoxy groups -OCH3 is 1. The molecule has 1 saturated heterocycles. The minimum atomic E-state index is -0.419.